The molecular formula is C20H12Cl2N4Sn. The van der Waals surface area contributed by atoms with Crippen molar-refractivity contribution in [2.75, 3.05) is 0 Å². The number of halogens is 2. The van der Waals surface area contributed by atoms with Crippen LogP contribution in [-0.2, 0) is 0 Å². The number of hydrogen-bond donors (Lipinski definition) is 0. The maximum atomic E-state index is 4.93. The summed E-state index contributed by atoms with van der Waals surface area (Å²) in [5.41, 5.74) is 7.15. The summed E-state index contributed by atoms with van der Waals surface area (Å²) in [5.74, 6) is 0. The normalized spacial score (nSPS) is 20.8. The number of hydrogen-bond acceptors (Lipinski definition) is 4. The van der Waals surface area contributed by atoms with Crippen LogP contribution in [0.5, 0.6) is 0 Å². The molecule has 0 saturated carbocycles. The Bertz CT molecular complexity index is 874. The van der Waals surface area contributed by atoms with Crippen LogP contribution in [0.15, 0.2) is 116 Å². The third-order valence-electron chi connectivity index (χ3n) is 3.92. The second-order valence-corrected chi connectivity index (χ2v) is 10.1. The van der Waals surface area contributed by atoms with Crippen LogP contribution in [-0.4, -0.2) is 41.7 Å². The summed E-state index contributed by atoms with van der Waals surface area (Å²) in [7, 11) is 9.87. The van der Waals surface area contributed by atoms with E-state index >= 15 is 0 Å². The molecule has 5 rings (SSSR count). The molecule has 4 nitrogen and oxygen atoms in total. The molecule has 5 heterocycles. The van der Waals surface area contributed by atoms with Crippen molar-refractivity contribution in [2.45, 2.75) is 0 Å². The monoisotopic (exact) mass is 498 g/mol. The summed E-state index contributed by atoms with van der Waals surface area (Å²) in [6, 6.07) is 0. The van der Waals surface area contributed by atoms with Crippen LogP contribution >= 0.6 is 17.8 Å². The fourth-order valence-corrected chi connectivity index (χ4v) is 2.83. The Morgan fingerprint density at radius 1 is 0.444 bits per heavy atom. The van der Waals surface area contributed by atoms with Crippen molar-refractivity contribution < 1.29 is 0 Å². The molecule has 0 unspecified atom stereocenters. The average molecular weight is 498 g/mol. The van der Waals surface area contributed by atoms with Crippen LogP contribution in [0.3, 0.4) is 0 Å². The van der Waals surface area contributed by atoms with E-state index in [1.807, 2.05) is 72.9 Å². The topological polar surface area (TPSA) is 49.4 Å². The fourth-order valence-electron chi connectivity index (χ4n) is 2.83. The van der Waals surface area contributed by atoms with Gasteiger partial charge in [-0.15, -0.1) is 0 Å². The molecule has 0 saturated heterocycles. The summed E-state index contributed by atoms with van der Waals surface area (Å²) in [5, 5.41) is 0. The zero-order valence-electron chi connectivity index (χ0n) is 14.0. The van der Waals surface area contributed by atoms with E-state index in [-0.39, 0.29) is 0 Å². The average Bonchev–Trinajstić information content (AvgIpc) is 3.41. The van der Waals surface area contributed by atoms with Crippen molar-refractivity contribution in [3.05, 3.63) is 95.7 Å². The Hall–Kier alpha value is -2.02. The number of fused-ring (bicyclic) bond motifs is 4. The Balaban J connectivity index is 0.000000565. The molecule has 0 atom stereocenters. The van der Waals surface area contributed by atoms with Crippen molar-refractivity contribution in [3.63, 3.8) is 0 Å². The van der Waals surface area contributed by atoms with Gasteiger partial charge in [-0.25, -0.2) is 20.0 Å². The van der Waals surface area contributed by atoms with Gasteiger partial charge in [-0.2, -0.15) is 0 Å². The number of aliphatic imine (C=N–C) groups is 4. The molecule has 7 heteroatoms. The molecular weight excluding hydrogens is 486 g/mol. The first kappa shape index (κ1) is 18.3. The van der Waals surface area contributed by atoms with Gasteiger partial charge in [-0.1, -0.05) is 0 Å². The third kappa shape index (κ3) is 4.64. The third-order valence-corrected chi connectivity index (χ3v) is 3.92. The van der Waals surface area contributed by atoms with E-state index < -0.39 is 18.9 Å². The van der Waals surface area contributed by atoms with Gasteiger partial charge in [0.2, 0.25) is 0 Å². The van der Waals surface area contributed by atoms with E-state index in [0.29, 0.717) is 0 Å². The molecule has 5 aliphatic heterocycles. The van der Waals surface area contributed by atoms with Gasteiger partial charge in [0.1, 0.15) is 0 Å². The first-order valence-corrected chi connectivity index (χ1v) is 15.3. The summed E-state index contributed by atoms with van der Waals surface area (Å²) in [4.78, 5) is 18.4. The van der Waals surface area contributed by atoms with Crippen LogP contribution < -0.4 is 0 Å². The van der Waals surface area contributed by atoms with Crippen molar-refractivity contribution in [3.8, 4) is 0 Å². The van der Waals surface area contributed by atoms with E-state index in [9.17, 15) is 0 Å². The van der Waals surface area contributed by atoms with Crippen LogP contribution in [0.1, 0.15) is 0 Å². The van der Waals surface area contributed by atoms with Gasteiger partial charge in [0, 0.05) is 0 Å². The van der Waals surface area contributed by atoms with Gasteiger partial charge in [0.05, 0.1) is 45.6 Å². The van der Waals surface area contributed by atoms with Crippen LogP contribution in [0.25, 0.3) is 0 Å². The zero-order valence-corrected chi connectivity index (χ0v) is 18.3. The van der Waals surface area contributed by atoms with Crippen molar-refractivity contribution in [1.82, 2.24) is 0 Å². The van der Waals surface area contributed by atoms with E-state index in [0.717, 1.165) is 45.6 Å². The molecule has 0 fully saturated rings. The Labute approximate surface area is 174 Å². The molecule has 0 amide bonds. The van der Waals surface area contributed by atoms with Gasteiger partial charge in [-0.05, 0) is 72.9 Å². The van der Waals surface area contributed by atoms with Crippen molar-refractivity contribution in [1.29, 1.82) is 0 Å². The van der Waals surface area contributed by atoms with E-state index in [1.54, 1.807) is 0 Å². The van der Waals surface area contributed by atoms with Crippen LogP contribution in [0.2, 0.25) is 0 Å². The minimum absolute atomic E-state index is 0.826. The first-order chi connectivity index (χ1) is 13.2. The predicted molar refractivity (Wildman–Crippen MR) is 116 cm³/mol. The molecule has 130 valence electrons. The summed E-state index contributed by atoms with van der Waals surface area (Å²) >= 11 is -0.826. The molecule has 0 aromatic rings. The molecule has 0 aliphatic carbocycles. The molecule has 0 aromatic carbocycles. The second kappa shape index (κ2) is 8.33. The fraction of sp³-hybridized carbons (Fsp3) is 0. The maximum absolute atomic E-state index is 4.93. The van der Waals surface area contributed by atoms with Gasteiger partial charge < -0.3 is 0 Å². The van der Waals surface area contributed by atoms with Crippen LogP contribution in [0.4, 0.5) is 0 Å². The minimum atomic E-state index is -0.826. The molecule has 0 N–H and O–H groups in total. The van der Waals surface area contributed by atoms with E-state index in [1.165, 1.54) is 0 Å². The second-order valence-electron chi connectivity index (χ2n) is 5.83. The van der Waals surface area contributed by atoms with Crippen molar-refractivity contribution in [2.24, 2.45) is 20.0 Å². The standard InChI is InChI=1S/C20H12N4.2ClH.Sn/c1-2-14-10-16-5-6-18(23-16)12-20-8-7-19(24-20)11-17-4-3-15(22-17)9-13(1)21-14;;;/h1-12H;2*1H;/q;;;+2/p-2. The van der Waals surface area contributed by atoms with E-state index in [2.05, 4.69) is 20.0 Å². The van der Waals surface area contributed by atoms with Crippen LogP contribution in [0, 0.1) is 0 Å². The van der Waals surface area contributed by atoms with E-state index in [4.69, 9.17) is 17.8 Å². The quantitative estimate of drug-likeness (QED) is 0.440. The summed E-state index contributed by atoms with van der Waals surface area (Å²) in [6.07, 6.45) is 23.8. The number of allylic oxidation sites excluding steroid dienone is 12. The van der Waals surface area contributed by atoms with Gasteiger partial charge in [0.15, 0.2) is 0 Å². The van der Waals surface area contributed by atoms with Crippen molar-refractivity contribution >= 4 is 59.6 Å². The molecule has 5 aliphatic rings. The van der Waals surface area contributed by atoms with Gasteiger partial charge in [-0.3, -0.25) is 0 Å². The first-order valence-electron chi connectivity index (χ1n) is 8.12. The van der Waals surface area contributed by atoms with Gasteiger partial charge in [0.25, 0.3) is 0 Å². The molecule has 8 bridgehead atoms. The Morgan fingerprint density at radius 2 is 0.667 bits per heavy atom. The van der Waals surface area contributed by atoms with Gasteiger partial charge >= 0.3 is 36.7 Å². The summed E-state index contributed by atoms with van der Waals surface area (Å²) in [6.45, 7) is 0. The molecule has 27 heavy (non-hydrogen) atoms. The Kier molecular flexibility index (Phi) is 5.66. The SMILES string of the molecule is C1=CC2=NC1=CC1=NC(=CC3=NC(=CC4=NC(=C2)C=C4)C=C3)C=C1.[Cl][Sn][Cl]. The number of rotatable bonds is 0. The Morgan fingerprint density at radius 3 is 0.889 bits per heavy atom. The predicted octanol–water partition coefficient (Wildman–Crippen LogP) is 4.58. The number of nitrogens with zero attached hydrogens (tertiary/aromatic N) is 4. The summed E-state index contributed by atoms with van der Waals surface area (Å²) < 4.78 is 0. The molecule has 0 aromatic heterocycles. The molecule has 0 spiro atoms. The molecule has 2 radical (unpaired) electrons. The zero-order chi connectivity index (χ0) is 18.6.